The molecule has 6 heteroatoms. The summed E-state index contributed by atoms with van der Waals surface area (Å²) in [6, 6.07) is 13.6. The third-order valence-electron chi connectivity index (χ3n) is 6.46. The van der Waals surface area contributed by atoms with Crippen molar-refractivity contribution in [1.82, 2.24) is 10.3 Å². The monoisotopic (exact) mass is 498 g/mol. The van der Waals surface area contributed by atoms with Crippen LogP contribution >= 0.6 is 0 Å². The van der Waals surface area contributed by atoms with E-state index < -0.39 is 5.97 Å². The first-order valence-electron chi connectivity index (χ1n) is 13.7. The Hall–Kier alpha value is -2.44. The second-order valence-electron chi connectivity index (χ2n) is 9.96. The number of aromatic nitrogens is 1. The fourth-order valence-corrected chi connectivity index (χ4v) is 4.27. The Balaban J connectivity index is 0.000000313. The highest BCUT2D eigenvalue weighted by atomic mass is 16.5. The second-order valence-corrected chi connectivity index (χ2v) is 9.96. The molecule has 0 bridgehead atoms. The van der Waals surface area contributed by atoms with Gasteiger partial charge in [0.25, 0.3) is 0 Å². The van der Waals surface area contributed by atoms with Crippen LogP contribution in [0.15, 0.2) is 48.7 Å². The number of carbonyl (C=O) groups is 1. The fraction of sp³-hybridized carbons (Fsp3) is 0.600. The Labute approximate surface area is 217 Å². The van der Waals surface area contributed by atoms with Crippen molar-refractivity contribution in [3.8, 4) is 5.88 Å². The molecule has 0 aliphatic heterocycles. The van der Waals surface area contributed by atoms with E-state index in [2.05, 4.69) is 17.2 Å². The third-order valence-corrected chi connectivity index (χ3v) is 6.46. The number of unbranched alkanes of at least 4 members (excludes halogenated alkanes) is 7. The maximum absolute atomic E-state index is 10.5. The van der Waals surface area contributed by atoms with Crippen molar-refractivity contribution in [2.45, 2.75) is 96.6 Å². The van der Waals surface area contributed by atoms with Crippen molar-refractivity contribution in [3.05, 3.63) is 59.8 Å². The van der Waals surface area contributed by atoms with Gasteiger partial charge in [-0.2, -0.15) is 0 Å². The lowest BCUT2D eigenvalue weighted by molar-refractivity contribution is -0.138. The van der Waals surface area contributed by atoms with E-state index in [4.69, 9.17) is 9.84 Å². The normalized spacial score (nSPS) is 17.2. The number of hydrogen-bond acceptors (Lipinski definition) is 5. The average molecular weight is 499 g/mol. The molecule has 1 aromatic heterocycles. The van der Waals surface area contributed by atoms with Gasteiger partial charge in [0.1, 0.15) is 0 Å². The molecule has 200 valence electrons. The molecule has 1 heterocycles. The van der Waals surface area contributed by atoms with Crippen LogP contribution in [0.5, 0.6) is 5.88 Å². The van der Waals surface area contributed by atoms with Gasteiger partial charge in [-0.25, -0.2) is 4.98 Å². The van der Waals surface area contributed by atoms with Crippen LogP contribution in [0.2, 0.25) is 0 Å². The molecule has 36 heavy (non-hydrogen) atoms. The number of benzene rings is 1. The van der Waals surface area contributed by atoms with Gasteiger partial charge in [0.2, 0.25) is 5.88 Å². The minimum atomic E-state index is -0.663. The number of ether oxygens (including phenoxy) is 1. The Morgan fingerprint density at radius 3 is 2.22 bits per heavy atom. The molecule has 1 aliphatic rings. The summed E-state index contributed by atoms with van der Waals surface area (Å²) in [5.41, 5.74) is 2.16. The van der Waals surface area contributed by atoms with E-state index in [1.165, 1.54) is 44.9 Å². The van der Waals surface area contributed by atoms with Gasteiger partial charge in [0, 0.05) is 12.3 Å². The van der Waals surface area contributed by atoms with Crippen LogP contribution in [-0.2, 0) is 4.79 Å². The van der Waals surface area contributed by atoms with Gasteiger partial charge >= 0.3 is 5.97 Å². The predicted molar refractivity (Wildman–Crippen MR) is 145 cm³/mol. The van der Waals surface area contributed by atoms with Crippen LogP contribution in [0.25, 0.3) is 0 Å². The van der Waals surface area contributed by atoms with Crippen LogP contribution in [0.4, 0.5) is 0 Å². The summed E-state index contributed by atoms with van der Waals surface area (Å²) in [5, 5.41) is 21.7. The van der Waals surface area contributed by atoms with E-state index in [-0.39, 0.29) is 30.6 Å². The van der Waals surface area contributed by atoms with Crippen LogP contribution < -0.4 is 10.1 Å². The van der Waals surface area contributed by atoms with Crippen molar-refractivity contribution < 1.29 is 19.7 Å². The van der Waals surface area contributed by atoms with Crippen LogP contribution in [0.3, 0.4) is 0 Å². The van der Waals surface area contributed by atoms with E-state index >= 15 is 0 Å². The number of carboxylic acid groups (broad SMARTS) is 1. The van der Waals surface area contributed by atoms with Crippen molar-refractivity contribution in [1.29, 1.82) is 0 Å². The average Bonchev–Trinajstić information content (AvgIpc) is 3.68. The maximum Gasteiger partial charge on any atom is 0.307 e. The SMILES string of the molecule is CCCCCCCCCCN[C@@H](CO)c1ccc(OC(C)C)nc1.O=C(O)[C@H]1C[C@@H]1c1ccccc1. The van der Waals surface area contributed by atoms with E-state index in [0.717, 1.165) is 30.5 Å². The zero-order valence-electron chi connectivity index (χ0n) is 22.4. The number of nitrogens with zero attached hydrogens (tertiary/aromatic N) is 1. The number of carboxylic acids is 1. The number of aliphatic hydroxyl groups excluding tert-OH is 1. The molecule has 1 aromatic carbocycles. The quantitative estimate of drug-likeness (QED) is 0.229. The molecule has 0 radical (unpaired) electrons. The zero-order valence-corrected chi connectivity index (χ0v) is 22.4. The number of aliphatic hydroxyl groups is 1. The summed E-state index contributed by atoms with van der Waals surface area (Å²) in [7, 11) is 0. The molecule has 3 atom stereocenters. The van der Waals surface area contributed by atoms with Crippen LogP contribution in [0.1, 0.15) is 102 Å². The summed E-state index contributed by atoms with van der Waals surface area (Å²) in [6.45, 7) is 7.24. The Kier molecular flexibility index (Phi) is 14.1. The minimum absolute atomic E-state index is 0.0462. The standard InChI is InChI=1S/C20H36N2O2.C10H10O2/c1-4-5-6-7-8-9-10-11-14-21-19(16-23)18-12-13-20(22-15-18)24-17(2)3;11-10(12)9-6-8(9)7-4-2-1-3-5-7/h12-13,15,17,19,21,23H,4-11,14,16H2,1-3H3;1-5,8-9H,6H2,(H,11,12)/t19-;8-,9+/m01/s1. The van der Waals surface area contributed by atoms with Crippen LogP contribution in [0, 0.1) is 5.92 Å². The lowest BCUT2D eigenvalue weighted by Gasteiger charge is -2.17. The van der Waals surface area contributed by atoms with E-state index in [1.54, 1.807) is 6.20 Å². The van der Waals surface area contributed by atoms with Gasteiger partial charge in [-0.3, -0.25) is 4.79 Å². The van der Waals surface area contributed by atoms with Gasteiger partial charge < -0.3 is 20.3 Å². The number of hydrogen-bond donors (Lipinski definition) is 3. The number of nitrogens with one attached hydrogen (secondary N) is 1. The number of rotatable bonds is 16. The lowest BCUT2D eigenvalue weighted by atomic mass is 10.1. The molecule has 0 spiro atoms. The molecule has 3 N–H and O–H groups in total. The maximum atomic E-state index is 10.5. The van der Waals surface area contributed by atoms with Gasteiger partial charge in [-0.15, -0.1) is 0 Å². The number of pyridine rings is 1. The van der Waals surface area contributed by atoms with Gasteiger partial charge in [0.15, 0.2) is 0 Å². The summed E-state index contributed by atoms with van der Waals surface area (Å²) in [4.78, 5) is 14.9. The molecule has 0 saturated heterocycles. The molecule has 0 unspecified atom stereocenters. The molecular formula is C30H46N2O4. The largest absolute Gasteiger partial charge is 0.481 e. The van der Waals surface area contributed by atoms with E-state index in [9.17, 15) is 9.90 Å². The number of aliphatic carboxylic acids is 1. The Bertz CT molecular complexity index is 842. The minimum Gasteiger partial charge on any atom is -0.481 e. The highest BCUT2D eigenvalue weighted by molar-refractivity contribution is 5.75. The Morgan fingerprint density at radius 2 is 1.69 bits per heavy atom. The molecule has 0 amide bonds. The molecule has 1 aliphatic carbocycles. The van der Waals surface area contributed by atoms with E-state index in [0.29, 0.717) is 5.88 Å². The predicted octanol–water partition coefficient (Wildman–Crippen LogP) is 6.51. The van der Waals surface area contributed by atoms with Gasteiger partial charge in [-0.05, 0) is 50.3 Å². The molecule has 1 saturated carbocycles. The van der Waals surface area contributed by atoms with Gasteiger partial charge in [0.05, 0.1) is 24.7 Å². The summed E-state index contributed by atoms with van der Waals surface area (Å²) < 4.78 is 5.55. The second kappa shape index (κ2) is 17.1. The first kappa shape index (κ1) is 29.8. The van der Waals surface area contributed by atoms with Crippen molar-refractivity contribution in [2.75, 3.05) is 13.2 Å². The highest BCUT2D eigenvalue weighted by Crippen LogP contribution is 2.47. The van der Waals surface area contributed by atoms with Crippen molar-refractivity contribution in [2.24, 2.45) is 5.92 Å². The third kappa shape index (κ3) is 11.5. The summed E-state index contributed by atoms with van der Waals surface area (Å²) in [6.07, 6.45) is 13.2. The summed E-state index contributed by atoms with van der Waals surface area (Å²) in [5.74, 6) is 0.105. The fourth-order valence-electron chi connectivity index (χ4n) is 4.27. The van der Waals surface area contributed by atoms with Crippen molar-refractivity contribution >= 4 is 5.97 Å². The molecular weight excluding hydrogens is 452 g/mol. The molecule has 6 nitrogen and oxygen atoms in total. The first-order valence-corrected chi connectivity index (χ1v) is 13.7. The topological polar surface area (TPSA) is 91.7 Å². The smallest absolute Gasteiger partial charge is 0.307 e. The van der Waals surface area contributed by atoms with Crippen LogP contribution in [-0.4, -0.2) is 40.4 Å². The Morgan fingerprint density at radius 1 is 1.03 bits per heavy atom. The summed E-state index contributed by atoms with van der Waals surface area (Å²) >= 11 is 0. The van der Waals surface area contributed by atoms with E-state index in [1.807, 2.05) is 56.3 Å². The molecule has 3 rings (SSSR count). The lowest BCUT2D eigenvalue weighted by Crippen LogP contribution is -2.25. The van der Waals surface area contributed by atoms with Gasteiger partial charge in [-0.1, -0.05) is 88.3 Å². The van der Waals surface area contributed by atoms with Crippen molar-refractivity contribution in [3.63, 3.8) is 0 Å². The first-order chi connectivity index (χ1) is 17.5. The molecule has 1 fully saturated rings. The molecule has 2 aromatic rings. The zero-order chi connectivity index (χ0) is 26.2. The highest BCUT2D eigenvalue weighted by Gasteiger charge is 2.43.